The Kier molecular flexibility index (Phi) is 6.63. The summed E-state index contributed by atoms with van der Waals surface area (Å²) in [4.78, 5) is 11.7. The van der Waals surface area contributed by atoms with Gasteiger partial charge < -0.3 is 11.1 Å². The summed E-state index contributed by atoms with van der Waals surface area (Å²) in [6.45, 7) is 3.26. The van der Waals surface area contributed by atoms with Crippen LogP contribution in [0.4, 0.5) is 5.69 Å². The smallest absolute Gasteiger partial charge is 0.242 e. The zero-order chi connectivity index (χ0) is 14.8. The molecule has 6 nitrogen and oxygen atoms in total. The van der Waals surface area contributed by atoms with Crippen molar-refractivity contribution in [1.82, 2.24) is 4.31 Å². The van der Waals surface area contributed by atoms with E-state index in [9.17, 15) is 13.2 Å². The number of anilines is 1. The first-order valence-electron chi connectivity index (χ1n) is 5.76. The van der Waals surface area contributed by atoms with Gasteiger partial charge in [0.05, 0.1) is 10.9 Å². The van der Waals surface area contributed by atoms with Gasteiger partial charge in [0.25, 0.3) is 0 Å². The maximum atomic E-state index is 12.1. The molecule has 1 atom stereocenters. The number of sulfonamides is 1. The molecule has 1 unspecified atom stereocenters. The van der Waals surface area contributed by atoms with E-state index in [0.29, 0.717) is 11.3 Å². The van der Waals surface area contributed by atoms with Crippen molar-refractivity contribution in [3.05, 3.63) is 23.8 Å². The van der Waals surface area contributed by atoms with Crippen molar-refractivity contribution in [2.45, 2.75) is 24.8 Å². The number of carbonyl (C=O) groups is 1. The molecule has 0 saturated heterocycles. The van der Waals surface area contributed by atoms with E-state index in [0.717, 1.165) is 4.31 Å². The van der Waals surface area contributed by atoms with E-state index in [2.05, 4.69) is 5.32 Å². The monoisotopic (exact) mass is 321 g/mol. The fraction of sp³-hybridized carbons (Fsp3) is 0.417. The molecule has 114 valence electrons. The highest BCUT2D eigenvalue weighted by Crippen LogP contribution is 2.22. The minimum Gasteiger partial charge on any atom is -0.325 e. The molecule has 0 aromatic heterocycles. The van der Waals surface area contributed by atoms with Gasteiger partial charge in [0.1, 0.15) is 0 Å². The van der Waals surface area contributed by atoms with E-state index in [1.54, 1.807) is 26.0 Å². The first-order chi connectivity index (χ1) is 8.66. The van der Waals surface area contributed by atoms with E-state index in [1.807, 2.05) is 0 Å². The van der Waals surface area contributed by atoms with E-state index in [1.165, 1.54) is 20.2 Å². The second kappa shape index (κ2) is 7.03. The molecule has 3 N–H and O–H groups in total. The van der Waals surface area contributed by atoms with Gasteiger partial charge in [-0.05, 0) is 31.5 Å². The van der Waals surface area contributed by atoms with Crippen LogP contribution < -0.4 is 11.1 Å². The Morgan fingerprint density at radius 1 is 1.35 bits per heavy atom. The van der Waals surface area contributed by atoms with Gasteiger partial charge >= 0.3 is 0 Å². The molecule has 1 rings (SSSR count). The van der Waals surface area contributed by atoms with Crippen LogP contribution >= 0.6 is 12.4 Å². The lowest BCUT2D eigenvalue weighted by Gasteiger charge is -2.15. The van der Waals surface area contributed by atoms with Crippen LogP contribution in [-0.2, 0) is 14.8 Å². The fourth-order valence-corrected chi connectivity index (χ4v) is 2.55. The predicted molar refractivity (Wildman–Crippen MR) is 81.6 cm³/mol. The molecule has 8 heteroatoms. The molecular weight excluding hydrogens is 302 g/mol. The third-order valence-corrected chi connectivity index (χ3v) is 4.58. The lowest BCUT2D eigenvalue weighted by Crippen LogP contribution is -2.32. The third-order valence-electron chi connectivity index (χ3n) is 2.63. The first kappa shape index (κ1) is 18.9. The lowest BCUT2D eigenvalue weighted by molar-refractivity contribution is -0.117. The third kappa shape index (κ3) is 4.17. The number of aryl methyl sites for hydroxylation is 1. The molecule has 0 heterocycles. The average molecular weight is 322 g/mol. The van der Waals surface area contributed by atoms with E-state index < -0.39 is 16.1 Å². The number of carbonyl (C=O) groups excluding carboxylic acids is 1. The van der Waals surface area contributed by atoms with Crippen LogP contribution in [0.2, 0.25) is 0 Å². The fourth-order valence-electron chi connectivity index (χ4n) is 1.41. The Morgan fingerprint density at radius 2 is 1.90 bits per heavy atom. The number of nitrogens with zero attached hydrogens (tertiary/aromatic N) is 1. The SMILES string of the molecule is Cc1ccc(NC(=O)C(C)N)cc1S(=O)(=O)N(C)C.Cl. The van der Waals surface area contributed by atoms with Gasteiger partial charge in [-0.3, -0.25) is 4.79 Å². The number of rotatable bonds is 4. The van der Waals surface area contributed by atoms with Gasteiger partial charge in [-0.25, -0.2) is 12.7 Å². The van der Waals surface area contributed by atoms with Crippen molar-refractivity contribution in [1.29, 1.82) is 0 Å². The van der Waals surface area contributed by atoms with Gasteiger partial charge in [-0.1, -0.05) is 6.07 Å². The Bertz CT molecular complexity index is 586. The molecule has 1 amide bonds. The summed E-state index contributed by atoms with van der Waals surface area (Å²) < 4.78 is 25.4. The van der Waals surface area contributed by atoms with Crippen LogP contribution in [0.5, 0.6) is 0 Å². The highest BCUT2D eigenvalue weighted by Gasteiger charge is 2.20. The Hall–Kier alpha value is -1.15. The number of hydrogen-bond donors (Lipinski definition) is 2. The van der Waals surface area contributed by atoms with Crippen molar-refractivity contribution < 1.29 is 13.2 Å². The molecule has 0 aliphatic heterocycles. The molecule has 1 aromatic rings. The Morgan fingerprint density at radius 3 is 2.35 bits per heavy atom. The van der Waals surface area contributed by atoms with E-state index in [-0.39, 0.29) is 23.2 Å². The van der Waals surface area contributed by atoms with E-state index >= 15 is 0 Å². The zero-order valence-electron chi connectivity index (χ0n) is 11.9. The number of nitrogens with two attached hydrogens (primary N) is 1. The molecule has 20 heavy (non-hydrogen) atoms. The molecule has 1 aromatic carbocycles. The van der Waals surface area contributed by atoms with Gasteiger partial charge in [0, 0.05) is 19.8 Å². The number of nitrogens with one attached hydrogen (secondary N) is 1. The second-order valence-electron chi connectivity index (χ2n) is 4.55. The summed E-state index contributed by atoms with van der Waals surface area (Å²) in [5, 5.41) is 2.57. The summed E-state index contributed by atoms with van der Waals surface area (Å²) in [6.07, 6.45) is 0. The molecule has 0 aliphatic rings. The summed E-state index contributed by atoms with van der Waals surface area (Å²) in [7, 11) is -0.615. The molecule has 0 fully saturated rings. The summed E-state index contributed by atoms with van der Waals surface area (Å²) >= 11 is 0. The van der Waals surface area contributed by atoms with Crippen LogP contribution in [0.1, 0.15) is 12.5 Å². The summed E-state index contributed by atoms with van der Waals surface area (Å²) in [5.41, 5.74) is 6.48. The highest BCUT2D eigenvalue weighted by atomic mass is 35.5. The highest BCUT2D eigenvalue weighted by molar-refractivity contribution is 7.89. The molecule has 0 aliphatic carbocycles. The predicted octanol–water partition coefficient (Wildman–Crippen LogP) is 0.953. The lowest BCUT2D eigenvalue weighted by atomic mass is 10.2. The normalized spacial score (nSPS) is 12.7. The van der Waals surface area contributed by atoms with Gasteiger partial charge in [0.15, 0.2) is 0 Å². The number of hydrogen-bond acceptors (Lipinski definition) is 4. The second-order valence-corrected chi connectivity index (χ2v) is 6.67. The number of amides is 1. The van der Waals surface area contributed by atoms with Crippen LogP contribution in [-0.4, -0.2) is 38.8 Å². The summed E-state index contributed by atoms with van der Waals surface area (Å²) in [6, 6.07) is 4.07. The van der Waals surface area contributed by atoms with Crippen molar-refractivity contribution >= 4 is 34.0 Å². The van der Waals surface area contributed by atoms with Crippen molar-refractivity contribution in [2.24, 2.45) is 5.73 Å². The molecular formula is C12H20ClN3O3S. The standard InChI is InChI=1S/C12H19N3O3S.ClH/c1-8-5-6-10(14-12(16)9(2)13)7-11(8)19(17,18)15(3)4;/h5-7,9H,13H2,1-4H3,(H,14,16);1H. The molecule has 0 radical (unpaired) electrons. The van der Waals surface area contributed by atoms with Crippen LogP contribution in [0.15, 0.2) is 23.1 Å². The maximum Gasteiger partial charge on any atom is 0.242 e. The molecule has 0 saturated carbocycles. The summed E-state index contributed by atoms with van der Waals surface area (Å²) in [5.74, 6) is -0.364. The van der Waals surface area contributed by atoms with Crippen LogP contribution in [0, 0.1) is 6.92 Å². The molecule has 0 bridgehead atoms. The Balaban J connectivity index is 0.00000361. The van der Waals surface area contributed by atoms with Crippen molar-refractivity contribution in [3.8, 4) is 0 Å². The largest absolute Gasteiger partial charge is 0.325 e. The van der Waals surface area contributed by atoms with Crippen molar-refractivity contribution in [3.63, 3.8) is 0 Å². The van der Waals surface area contributed by atoms with E-state index in [4.69, 9.17) is 5.73 Å². The number of halogens is 1. The Labute approximate surface area is 125 Å². The topological polar surface area (TPSA) is 92.5 Å². The zero-order valence-corrected chi connectivity index (χ0v) is 13.5. The van der Waals surface area contributed by atoms with Crippen LogP contribution in [0.25, 0.3) is 0 Å². The quantitative estimate of drug-likeness (QED) is 0.863. The maximum absolute atomic E-state index is 12.1. The minimum absolute atomic E-state index is 0. The average Bonchev–Trinajstić information content (AvgIpc) is 2.30. The van der Waals surface area contributed by atoms with Gasteiger partial charge in [-0.15, -0.1) is 12.4 Å². The minimum atomic E-state index is -3.54. The van der Waals surface area contributed by atoms with Gasteiger partial charge in [-0.2, -0.15) is 0 Å². The van der Waals surface area contributed by atoms with Crippen molar-refractivity contribution in [2.75, 3.05) is 19.4 Å². The van der Waals surface area contributed by atoms with Crippen LogP contribution in [0.3, 0.4) is 0 Å². The number of benzene rings is 1. The first-order valence-corrected chi connectivity index (χ1v) is 7.20. The molecule has 0 spiro atoms. The van der Waals surface area contributed by atoms with Gasteiger partial charge in [0.2, 0.25) is 15.9 Å².